The van der Waals surface area contributed by atoms with Gasteiger partial charge >= 0.3 is 6.09 Å². The number of hydrogen-bond donors (Lipinski definition) is 1. The number of fused-ring (bicyclic) bond motifs is 1. The zero-order valence-corrected chi connectivity index (χ0v) is 19.4. The Morgan fingerprint density at radius 3 is 2.61 bits per heavy atom. The minimum Gasteiger partial charge on any atom is -0.489 e. The normalized spacial score (nSPS) is 12.1. The van der Waals surface area contributed by atoms with Gasteiger partial charge in [-0.15, -0.1) is 0 Å². The molecule has 1 N–H and O–H groups in total. The van der Waals surface area contributed by atoms with E-state index in [-0.39, 0.29) is 18.7 Å². The number of oxazole rings is 1. The van der Waals surface area contributed by atoms with Crippen molar-refractivity contribution in [2.24, 2.45) is 0 Å². The van der Waals surface area contributed by atoms with Gasteiger partial charge in [0, 0.05) is 24.6 Å². The highest BCUT2D eigenvalue weighted by atomic mass is 19.1. The van der Waals surface area contributed by atoms with Gasteiger partial charge < -0.3 is 19.2 Å². The minimum absolute atomic E-state index is 0.0108. The third-order valence-electron chi connectivity index (χ3n) is 4.79. The van der Waals surface area contributed by atoms with Crippen molar-refractivity contribution in [1.29, 1.82) is 0 Å². The van der Waals surface area contributed by atoms with Crippen LogP contribution in [0.1, 0.15) is 45.1 Å². The third-order valence-corrected chi connectivity index (χ3v) is 4.79. The molecule has 0 aliphatic heterocycles. The van der Waals surface area contributed by atoms with Crippen molar-refractivity contribution in [1.82, 2.24) is 10.3 Å². The average Bonchev–Trinajstić information content (AvgIpc) is 3.18. The molecule has 0 spiro atoms. The van der Waals surface area contributed by atoms with E-state index >= 15 is 0 Å². The monoisotopic (exact) mass is 454 g/mol. The van der Waals surface area contributed by atoms with Gasteiger partial charge in [-0.1, -0.05) is 30.3 Å². The second-order valence-corrected chi connectivity index (χ2v) is 8.84. The van der Waals surface area contributed by atoms with Crippen molar-refractivity contribution in [3.05, 3.63) is 71.9 Å². The summed E-state index contributed by atoms with van der Waals surface area (Å²) in [5.41, 5.74) is 2.38. The first kappa shape index (κ1) is 24.3. The van der Waals surface area contributed by atoms with E-state index in [1.165, 1.54) is 5.56 Å². The fourth-order valence-electron chi connectivity index (χ4n) is 3.20. The van der Waals surface area contributed by atoms with E-state index in [0.29, 0.717) is 23.6 Å². The maximum Gasteiger partial charge on any atom is 0.407 e. The first-order chi connectivity index (χ1) is 15.8. The summed E-state index contributed by atoms with van der Waals surface area (Å²) in [6.07, 6.45) is 3.67. The number of aryl methyl sites for hydroxylation is 2. The van der Waals surface area contributed by atoms with Crippen LogP contribution in [0.5, 0.6) is 5.75 Å². The summed E-state index contributed by atoms with van der Waals surface area (Å²) < 4.78 is 29.9. The summed E-state index contributed by atoms with van der Waals surface area (Å²) >= 11 is 0. The number of alkyl carbamates (subject to hydrolysis) is 1. The van der Waals surface area contributed by atoms with E-state index < -0.39 is 11.7 Å². The van der Waals surface area contributed by atoms with Crippen LogP contribution in [0.25, 0.3) is 11.1 Å². The molecule has 0 atom stereocenters. The molecule has 0 fully saturated rings. The van der Waals surface area contributed by atoms with Crippen molar-refractivity contribution in [3.63, 3.8) is 0 Å². The SMILES string of the molecule is CC(C)(C)OC(=O)NC/C(=C\F)COc1ccc2nc(CCCCc3ccccc3)oc2c1. The highest BCUT2D eigenvalue weighted by Crippen LogP contribution is 2.23. The Kier molecular flexibility index (Phi) is 8.46. The van der Waals surface area contributed by atoms with Crippen LogP contribution in [0.15, 0.2) is 64.9 Å². The number of aromatic nitrogens is 1. The predicted octanol–water partition coefficient (Wildman–Crippen LogP) is 6.15. The zero-order chi connectivity index (χ0) is 23.7. The Morgan fingerprint density at radius 1 is 1.12 bits per heavy atom. The molecule has 0 saturated carbocycles. The van der Waals surface area contributed by atoms with E-state index in [1.54, 1.807) is 32.9 Å². The summed E-state index contributed by atoms with van der Waals surface area (Å²) in [6.45, 7) is 5.26. The third kappa shape index (κ3) is 8.25. The second kappa shape index (κ2) is 11.5. The summed E-state index contributed by atoms with van der Waals surface area (Å²) in [4.78, 5) is 16.3. The van der Waals surface area contributed by atoms with Gasteiger partial charge in [-0.05, 0) is 57.7 Å². The Balaban J connectivity index is 1.46. The van der Waals surface area contributed by atoms with Crippen LogP contribution in [0.3, 0.4) is 0 Å². The van der Waals surface area contributed by atoms with Gasteiger partial charge in [-0.2, -0.15) is 0 Å². The molecule has 3 rings (SSSR count). The maximum absolute atomic E-state index is 13.2. The van der Waals surface area contributed by atoms with E-state index in [1.807, 2.05) is 12.1 Å². The molecule has 0 unspecified atom stereocenters. The van der Waals surface area contributed by atoms with Gasteiger partial charge in [0.15, 0.2) is 11.5 Å². The summed E-state index contributed by atoms with van der Waals surface area (Å²) in [5.74, 6) is 1.23. The van der Waals surface area contributed by atoms with Crippen molar-refractivity contribution in [3.8, 4) is 5.75 Å². The van der Waals surface area contributed by atoms with Crippen LogP contribution >= 0.6 is 0 Å². The van der Waals surface area contributed by atoms with Crippen LogP contribution in [0.2, 0.25) is 0 Å². The number of ether oxygens (including phenoxy) is 2. The van der Waals surface area contributed by atoms with Crippen molar-refractivity contribution in [2.75, 3.05) is 13.2 Å². The number of carbonyl (C=O) groups is 1. The number of carbonyl (C=O) groups excluding carboxylic acids is 1. The molecule has 0 radical (unpaired) electrons. The van der Waals surface area contributed by atoms with E-state index in [0.717, 1.165) is 31.2 Å². The summed E-state index contributed by atoms with van der Waals surface area (Å²) in [5, 5.41) is 2.52. The lowest BCUT2D eigenvalue weighted by molar-refractivity contribution is 0.0531. The molecular weight excluding hydrogens is 423 g/mol. The smallest absolute Gasteiger partial charge is 0.407 e. The lowest BCUT2D eigenvalue weighted by Crippen LogP contribution is -2.34. The van der Waals surface area contributed by atoms with Crippen LogP contribution in [0.4, 0.5) is 9.18 Å². The van der Waals surface area contributed by atoms with E-state index in [9.17, 15) is 9.18 Å². The first-order valence-corrected chi connectivity index (χ1v) is 11.1. The molecule has 0 aliphatic carbocycles. The highest BCUT2D eigenvalue weighted by Gasteiger charge is 2.16. The number of amides is 1. The molecule has 0 saturated heterocycles. The standard InChI is InChI=1S/C26H31FN2O4/c1-26(2,3)33-25(30)28-17-20(16-27)18-31-21-13-14-22-23(15-21)32-24(29-22)12-8-7-11-19-9-5-4-6-10-19/h4-6,9-10,13-16H,7-8,11-12,17-18H2,1-3H3,(H,28,30)/b20-16+. The molecule has 2 aromatic carbocycles. The summed E-state index contributed by atoms with van der Waals surface area (Å²) in [7, 11) is 0. The number of rotatable bonds is 10. The van der Waals surface area contributed by atoms with Gasteiger partial charge in [0.05, 0.1) is 6.33 Å². The Bertz CT molecular complexity index is 1070. The fourth-order valence-corrected chi connectivity index (χ4v) is 3.20. The molecule has 1 heterocycles. The quantitative estimate of drug-likeness (QED) is 0.372. The summed E-state index contributed by atoms with van der Waals surface area (Å²) in [6, 6.07) is 15.7. The molecular formula is C26H31FN2O4. The minimum atomic E-state index is -0.618. The maximum atomic E-state index is 13.2. The predicted molar refractivity (Wildman–Crippen MR) is 126 cm³/mol. The van der Waals surface area contributed by atoms with Gasteiger partial charge in [0.2, 0.25) is 0 Å². The van der Waals surface area contributed by atoms with E-state index in [2.05, 4.69) is 34.6 Å². The van der Waals surface area contributed by atoms with Crippen LogP contribution in [0, 0.1) is 0 Å². The molecule has 0 bridgehead atoms. The molecule has 33 heavy (non-hydrogen) atoms. The Labute approximate surface area is 193 Å². The number of benzene rings is 2. The highest BCUT2D eigenvalue weighted by molar-refractivity contribution is 5.74. The van der Waals surface area contributed by atoms with Gasteiger partial charge in [0.25, 0.3) is 0 Å². The Hall–Kier alpha value is -3.35. The topological polar surface area (TPSA) is 73.6 Å². The van der Waals surface area contributed by atoms with Crippen molar-refractivity contribution in [2.45, 2.75) is 52.1 Å². The van der Waals surface area contributed by atoms with Gasteiger partial charge in [0.1, 0.15) is 23.5 Å². The van der Waals surface area contributed by atoms with Gasteiger partial charge in [-0.3, -0.25) is 0 Å². The number of hydrogen-bond acceptors (Lipinski definition) is 5. The Morgan fingerprint density at radius 2 is 1.88 bits per heavy atom. The number of nitrogens with one attached hydrogen (secondary N) is 1. The number of unbranched alkanes of at least 4 members (excludes halogenated alkanes) is 1. The lowest BCUT2D eigenvalue weighted by Gasteiger charge is -2.20. The van der Waals surface area contributed by atoms with Gasteiger partial charge in [-0.25, -0.2) is 14.2 Å². The number of halogens is 1. The van der Waals surface area contributed by atoms with E-state index in [4.69, 9.17) is 13.9 Å². The zero-order valence-electron chi connectivity index (χ0n) is 19.4. The molecule has 3 aromatic rings. The first-order valence-electron chi connectivity index (χ1n) is 11.1. The lowest BCUT2D eigenvalue weighted by atomic mass is 10.1. The molecule has 1 amide bonds. The molecule has 6 nitrogen and oxygen atoms in total. The number of nitrogens with zero attached hydrogens (tertiary/aromatic N) is 1. The molecule has 1 aromatic heterocycles. The van der Waals surface area contributed by atoms with Crippen LogP contribution in [-0.2, 0) is 17.6 Å². The van der Waals surface area contributed by atoms with Crippen molar-refractivity contribution >= 4 is 17.2 Å². The molecule has 7 heteroatoms. The van der Waals surface area contributed by atoms with Crippen LogP contribution < -0.4 is 10.1 Å². The second-order valence-electron chi connectivity index (χ2n) is 8.84. The largest absolute Gasteiger partial charge is 0.489 e. The average molecular weight is 455 g/mol. The van der Waals surface area contributed by atoms with Crippen LogP contribution in [-0.4, -0.2) is 29.8 Å². The van der Waals surface area contributed by atoms with Crippen molar-refractivity contribution < 1.29 is 23.1 Å². The fraction of sp³-hybridized carbons (Fsp3) is 0.385. The molecule has 176 valence electrons. The molecule has 0 aliphatic rings.